The van der Waals surface area contributed by atoms with Gasteiger partial charge in [-0.25, -0.2) is 4.98 Å². The Morgan fingerprint density at radius 2 is 2.29 bits per heavy atom. The van der Waals surface area contributed by atoms with Gasteiger partial charge in [0.15, 0.2) is 0 Å². The van der Waals surface area contributed by atoms with E-state index in [9.17, 15) is 10.1 Å². The molecule has 2 rings (SSSR count). The molecule has 1 heterocycles. The van der Waals surface area contributed by atoms with E-state index < -0.39 is 4.92 Å². The SMILES string of the molecule is O=[N+]([O-])c1ccc(NC2CCC2)nc1. The van der Waals surface area contributed by atoms with Crippen LogP contribution >= 0.6 is 0 Å². The third-order valence-corrected chi connectivity index (χ3v) is 2.42. The molecule has 0 spiro atoms. The second kappa shape index (κ2) is 3.61. The molecule has 1 aliphatic rings. The second-order valence-electron chi connectivity index (χ2n) is 3.43. The van der Waals surface area contributed by atoms with Crippen LogP contribution in [0.1, 0.15) is 19.3 Å². The molecule has 0 amide bonds. The molecule has 0 aliphatic heterocycles. The summed E-state index contributed by atoms with van der Waals surface area (Å²) in [6, 6.07) is 3.62. The first-order valence-electron chi connectivity index (χ1n) is 4.63. The lowest BCUT2D eigenvalue weighted by molar-refractivity contribution is -0.385. The van der Waals surface area contributed by atoms with E-state index in [1.807, 2.05) is 0 Å². The molecule has 0 bridgehead atoms. The van der Waals surface area contributed by atoms with Gasteiger partial charge in [0.2, 0.25) is 0 Å². The minimum Gasteiger partial charge on any atom is -0.367 e. The maximum Gasteiger partial charge on any atom is 0.287 e. The molecule has 1 fully saturated rings. The van der Waals surface area contributed by atoms with Crippen molar-refractivity contribution in [2.24, 2.45) is 0 Å². The summed E-state index contributed by atoms with van der Waals surface area (Å²) in [6.45, 7) is 0. The molecule has 0 atom stereocenters. The average molecular weight is 193 g/mol. The average Bonchev–Trinajstić information content (AvgIpc) is 2.12. The minimum absolute atomic E-state index is 0.0316. The fraction of sp³-hybridized carbons (Fsp3) is 0.444. The second-order valence-corrected chi connectivity index (χ2v) is 3.43. The van der Waals surface area contributed by atoms with Crippen molar-refractivity contribution in [3.8, 4) is 0 Å². The van der Waals surface area contributed by atoms with Crippen molar-refractivity contribution in [2.45, 2.75) is 25.3 Å². The van der Waals surface area contributed by atoms with Crippen LogP contribution in [0.4, 0.5) is 11.5 Å². The topological polar surface area (TPSA) is 68.1 Å². The Labute approximate surface area is 81.3 Å². The van der Waals surface area contributed by atoms with Crippen LogP contribution in [-0.2, 0) is 0 Å². The first kappa shape index (κ1) is 8.93. The molecule has 1 aliphatic carbocycles. The summed E-state index contributed by atoms with van der Waals surface area (Å²) >= 11 is 0. The number of nitrogens with zero attached hydrogens (tertiary/aromatic N) is 2. The molecular weight excluding hydrogens is 182 g/mol. The van der Waals surface area contributed by atoms with Crippen LogP contribution < -0.4 is 5.32 Å². The van der Waals surface area contributed by atoms with Crippen LogP contribution in [0.5, 0.6) is 0 Å². The number of aromatic nitrogens is 1. The van der Waals surface area contributed by atoms with Gasteiger partial charge in [-0.1, -0.05) is 0 Å². The monoisotopic (exact) mass is 193 g/mol. The van der Waals surface area contributed by atoms with Crippen molar-refractivity contribution in [2.75, 3.05) is 5.32 Å². The number of hydrogen-bond donors (Lipinski definition) is 1. The summed E-state index contributed by atoms with van der Waals surface area (Å²) in [7, 11) is 0. The molecule has 0 radical (unpaired) electrons. The van der Waals surface area contributed by atoms with Crippen molar-refractivity contribution < 1.29 is 4.92 Å². The van der Waals surface area contributed by atoms with Crippen LogP contribution in [0.15, 0.2) is 18.3 Å². The van der Waals surface area contributed by atoms with Crippen molar-refractivity contribution in [1.82, 2.24) is 4.98 Å². The van der Waals surface area contributed by atoms with Gasteiger partial charge in [0.05, 0.1) is 4.92 Å². The van der Waals surface area contributed by atoms with Crippen molar-refractivity contribution in [3.05, 3.63) is 28.4 Å². The first-order valence-corrected chi connectivity index (χ1v) is 4.63. The Morgan fingerprint density at radius 1 is 1.50 bits per heavy atom. The highest BCUT2D eigenvalue weighted by atomic mass is 16.6. The molecule has 1 aromatic rings. The highest BCUT2D eigenvalue weighted by molar-refractivity contribution is 5.41. The lowest BCUT2D eigenvalue weighted by Gasteiger charge is -2.26. The maximum absolute atomic E-state index is 10.3. The Hall–Kier alpha value is -1.65. The molecule has 74 valence electrons. The number of nitrogens with one attached hydrogen (secondary N) is 1. The molecule has 5 heteroatoms. The lowest BCUT2D eigenvalue weighted by atomic mass is 9.93. The van der Waals surface area contributed by atoms with Crippen molar-refractivity contribution in [3.63, 3.8) is 0 Å². The summed E-state index contributed by atoms with van der Waals surface area (Å²) < 4.78 is 0. The largest absolute Gasteiger partial charge is 0.367 e. The molecular formula is C9H11N3O2. The highest BCUT2D eigenvalue weighted by Crippen LogP contribution is 2.22. The van der Waals surface area contributed by atoms with Crippen LogP contribution in [-0.4, -0.2) is 15.9 Å². The normalized spacial score (nSPS) is 16.0. The Kier molecular flexibility index (Phi) is 2.30. The summed E-state index contributed by atoms with van der Waals surface area (Å²) in [5, 5.41) is 13.6. The van der Waals surface area contributed by atoms with Gasteiger partial charge in [0.25, 0.3) is 5.69 Å². The molecule has 1 saturated carbocycles. The van der Waals surface area contributed by atoms with Gasteiger partial charge in [-0.15, -0.1) is 0 Å². The van der Waals surface area contributed by atoms with E-state index >= 15 is 0 Å². The standard InChI is InChI=1S/C9H11N3O2/c13-12(14)8-4-5-9(10-6-8)11-7-2-1-3-7/h4-7H,1-3H2,(H,10,11). The summed E-state index contributed by atoms with van der Waals surface area (Å²) in [6.07, 6.45) is 4.86. The van der Waals surface area contributed by atoms with E-state index in [0.717, 1.165) is 5.82 Å². The number of rotatable bonds is 3. The first-order chi connectivity index (χ1) is 6.75. The van der Waals surface area contributed by atoms with Gasteiger partial charge in [-0.2, -0.15) is 0 Å². The number of nitro groups is 1. The third kappa shape index (κ3) is 1.81. The fourth-order valence-electron chi connectivity index (χ4n) is 1.34. The smallest absolute Gasteiger partial charge is 0.287 e. The van der Waals surface area contributed by atoms with E-state index in [2.05, 4.69) is 10.3 Å². The minimum atomic E-state index is -0.444. The van der Waals surface area contributed by atoms with Crippen LogP contribution in [0.25, 0.3) is 0 Å². The predicted molar refractivity (Wildman–Crippen MR) is 52.2 cm³/mol. The molecule has 14 heavy (non-hydrogen) atoms. The van der Waals surface area contributed by atoms with Gasteiger partial charge in [-0.3, -0.25) is 10.1 Å². The Morgan fingerprint density at radius 3 is 2.71 bits per heavy atom. The van der Waals surface area contributed by atoms with Gasteiger partial charge < -0.3 is 5.32 Å². The zero-order chi connectivity index (χ0) is 9.97. The van der Waals surface area contributed by atoms with Gasteiger partial charge in [0, 0.05) is 12.1 Å². The zero-order valence-electron chi connectivity index (χ0n) is 7.64. The van der Waals surface area contributed by atoms with Crippen LogP contribution in [0.2, 0.25) is 0 Å². The van der Waals surface area contributed by atoms with Gasteiger partial charge in [-0.05, 0) is 25.3 Å². The molecule has 5 nitrogen and oxygen atoms in total. The van der Waals surface area contributed by atoms with Gasteiger partial charge >= 0.3 is 0 Å². The summed E-state index contributed by atoms with van der Waals surface area (Å²) in [5.41, 5.74) is 0.0316. The predicted octanol–water partition coefficient (Wildman–Crippen LogP) is 1.95. The third-order valence-electron chi connectivity index (χ3n) is 2.42. The molecule has 1 N–H and O–H groups in total. The quantitative estimate of drug-likeness (QED) is 0.588. The van der Waals surface area contributed by atoms with Crippen molar-refractivity contribution in [1.29, 1.82) is 0 Å². The van der Waals surface area contributed by atoms with Crippen LogP contribution in [0.3, 0.4) is 0 Å². The van der Waals surface area contributed by atoms with Crippen molar-refractivity contribution >= 4 is 11.5 Å². The van der Waals surface area contributed by atoms with E-state index in [1.165, 1.54) is 31.5 Å². The molecule has 1 aromatic heterocycles. The van der Waals surface area contributed by atoms with Gasteiger partial charge in [0.1, 0.15) is 12.0 Å². The fourth-order valence-corrected chi connectivity index (χ4v) is 1.34. The molecule has 0 aromatic carbocycles. The molecule has 0 saturated heterocycles. The number of hydrogen-bond acceptors (Lipinski definition) is 4. The van der Waals surface area contributed by atoms with E-state index in [1.54, 1.807) is 6.07 Å². The Bertz CT molecular complexity index is 332. The van der Waals surface area contributed by atoms with E-state index in [-0.39, 0.29) is 5.69 Å². The molecule has 0 unspecified atom stereocenters. The van der Waals surface area contributed by atoms with E-state index in [0.29, 0.717) is 6.04 Å². The van der Waals surface area contributed by atoms with E-state index in [4.69, 9.17) is 0 Å². The lowest BCUT2D eigenvalue weighted by Crippen LogP contribution is -2.27. The highest BCUT2D eigenvalue weighted by Gasteiger charge is 2.17. The summed E-state index contributed by atoms with van der Waals surface area (Å²) in [5.74, 6) is 0.723. The summed E-state index contributed by atoms with van der Waals surface area (Å²) in [4.78, 5) is 13.9. The number of pyridine rings is 1. The number of anilines is 1. The van der Waals surface area contributed by atoms with Crippen LogP contribution in [0, 0.1) is 10.1 Å². The Balaban J connectivity index is 2.01. The zero-order valence-corrected chi connectivity index (χ0v) is 7.64. The maximum atomic E-state index is 10.3.